The molecule has 0 saturated carbocycles. The van der Waals surface area contributed by atoms with Gasteiger partial charge in [-0.15, -0.1) is 0 Å². The molecule has 0 saturated heterocycles. The SMILES string of the molecule is COC(=O)Cn1c(=NC(=O)c2ccc3c(c2)CCCC3)sc2c(C)cc(C)cc21. The third-order valence-electron chi connectivity index (χ3n) is 5.42. The number of rotatable bonds is 3. The highest BCUT2D eigenvalue weighted by Gasteiger charge is 2.16. The van der Waals surface area contributed by atoms with Crippen molar-refractivity contribution in [1.82, 2.24) is 4.57 Å². The minimum atomic E-state index is -0.369. The molecule has 5 nitrogen and oxygen atoms in total. The number of hydrogen-bond donors (Lipinski definition) is 0. The third kappa shape index (κ3) is 3.90. The molecular weight excluding hydrogens is 384 g/mol. The van der Waals surface area contributed by atoms with Gasteiger partial charge in [0.15, 0.2) is 4.80 Å². The Hall–Kier alpha value is -2.73. The average molecular weight is 409 g/mol. The Morgan fingerprint density at radius 3 is 2.62 bits per heavy atom. The summed E-state index contributed by atoms with van der Waals surface area (Å²) in [7, 11) is 1.36. The normalized spacial score (nSPS) is 14.1. The Labute approximate surface area is 173 Å². The highest BCUT2D eigenvalue weighted by atomic mass is 32.1. The molecule has 1 amide bonds. The van der Waals surface area contributed by atoms with Crippen molar-refractivity contribution >= 4 is 33.4 Å². The number of nitrogens with zero attached hydrogens (tertiary/aromatic N) is 2. The maximum Gasteiger partial charge on any atom is 0.325 e. The van der Waals surface area contributed by atoms with Crippen molar-refractivity contribution in [2.75, 3.05) is 7.11 Å². The molecule has 0 bridgehead atoms. The van der Waals surface area contributed by atoms with E-state index in [1.165, 1.54) is 36.0 Å². The number of ether oxygens (including phenoxy) is 1. The van der Waals surface area contributed by atoms with Crippen LogP contribution in [-0.2, 0) is 28.9 Å². The van der Waals surface area contributed by atoms with Gasteiger partial charge in [-0.1, -0.05) is 23.5 Å². The van der Waals surface area contributed by atoms with Crippen LogP contribution < -0.4 is 4.80 Å². The number of aromatic nitrogens is 1. The van der Waals surface area contributed by atoms with Crippen molar-refractivity contribution in [2.45, 2.75) is 46.1 Å². The predicted molar refractivity (Wildman–Crippen MR) is 114 cm³/mol. The smallest absolute Gasteiger partial charge is 0.325 e. The van der Waals surface area contributed by atoms with Gasteiger partial charge in [0.25, 0.3) is 5.91 Å². The topological polar surface area (TPSA) is 60.7 Å². The van der Waals surface area contributed by atoms with E-state index in [9.17, 15) is 9.59 Å². The number of hydrogen-bond acceptors (Lipinski definition) is 4. The molecule has 0 spiro atoms. The van der Waals surface area contributed by atoms with E-state index in [0.29, 0.717) is 10.4 Å². The average Bonchev–Trinajstić information content (AvgIpc) is 3.04. The zero-order valence-electron chi connectivity index (χ0n) is 16.9. The largest absolute Gasteiger partial charge is 0.468 e. The van der Waals surface area contributed by atoms with Crippen molar-refractivity contribution < 1.29 is 14.3 Å². The third-order valence-corrected chi connectivity index (χ3v) is 6.65. The summed E-state index contributed by atoms with van der Waals surface area (Å²) in [6.45, 7) is 4.07. The first-order chi connectivity index (χ1) is 14.0. The van der Waals surface area contributed by atoms with E-state index in [4.69, 9.17) is 4.74 Å². The molecule has 1 aliphatic carbocycles. The molecular formula is C23H24N2O3S. The zero-order valence-corrected chi connectivity index (χ0v) is 17.8. The van der Waals surface area contributed by atoms with Crippen molar-refractivity contribution in [3.63, 3.8) is 0 Å². The van der Waals surface area contributed by atoms with Crippen LogP contribution in [0.1, 0.15) is 45.5 Å². The lowest BCUT2D eigenvalue weighted by atomic mass is 9.90. The predicted octanol–water partition coefficient (Wildman–Crippen LogP) is 4.11. The molecule has 1 aromatic heterocycles. The number of esters is 1. The molecule has 0 unspecified atom stereocenters. The second-order valence-corrected chi connectivity index (χ2v) is 8.56. The molecule has 0 aliphatic heterocycles. The van der Waals surface area contributed by atoms with E-state index >= 15 is 0 Å². The fraction of sp³-hybridized carbons (Fsp3) is 0.348. The quantitative estimate of drug-likeness (QED) is 0.613. The lowest BCUT2D eigenvalue weighted by molar-refractivity contribution is -0.141. The summed E-state index contributed by atoms with van der Waals surface area (Å²) in [5.74, 6) is -0.649. The van der Waals surface area contributed by atoms with E-state index in [1.807, 2.05) is 32.0 Å². The fourth-order valence-corrected chi connectivity index (χ4v) is 5.04. The van der Waals surface area contributed by atoms with Crippen LogP contribution in [-0.4, -0.2) is 23.6 Å². The van der Waals surface area contributed by atoms with Gasteiger partial charge in [-0.05, 0) is 80.0 Å². The second kappa shape index (κ2) is 7.95. The Morgan fingerprint density at radius 2 is 1.86 bits per heavy atom. The van der Waals surface area contributed by atoms with Gasteiger partial charge in [-0.25, -0.2) is 0 Å². The Bertz CT molecular complexity index is 1190. The maximum absolute atomic E-state index is 12.9. The van der Waals surface area contributed by atoms with E-state index < -0.39 is 0 Å². The summed E-state index contributed by atoms with van der Waals surface area (Å²) >= 11 is 1.43. The lowest BCUT2D eigenvalue weighted by Crippen LogP contribution is -2.22. The summed E-state index contributed by atoms with van der Waals surface area (Å²) in [6, 6.07) is 10.0. The highest BCUT2D eigenvalue weighted by molar-refractivity contribution is 7.16. The van der Waals surface area contributed by atoms with E-state index in [2.05, 4.69) is 17.1 Å². The summed E-state index contributed by atoms with van der Waals surface area (Å²) in [6.07, 6.45) is 4.46. The molecule has 3 aromatic rings. The van der Waals surface area contributed by atoms with Gasteiger partial charge in [-0.3, -0.25) is 9.59 Å². The van der Waals surface area contributed by atoms with Crippen LogP contribution in [0.3, 0.4) is 0 Å². The number of thiazole rings is 1. The Morgan fingerprint density at radius 1 is 1.10 bits per heavy atom. The van der Waals surface area contributed by atoms with Crippen molar-refractivity contribution in [3.8, 4) is 0 Å². The van der Waals surface area contributed by atoms with Crippen LogP contribution in [0.2, 0.25) is 0 Å². The first kappa shape index (κ1) is 19.6. The number of amides is 1. The molecule has 4 rings (SSSR count). The standard InChI is InChI=1S/C23H24N2O3S/c1-14-10-15(2)21-19(11-14)25(13-20(26)28-3)23(29-21)24-22(27)18-9-8-16-6-4-5-7-17(16)12-18/h8-12H,4-7,13H2,1-3H3. The molecule has 6 heteroatoms. The van der Waals surface area contributed by atoms with Crippen LogP contribution in [0.15, 0.2) is 35.3 Å². The minimum absolute atomic E-state index is 0.0235. The molecule has 1 aliphatic rings. The molecule has 29 heavy (non-hydrogen) atoms. The van der Waals surface area contributed by atoms with E-state index in [0.717, 1.165) is 40.6 Å². The zero-order chi connectivity index (χ0) is 20.5. The van der Waals surface area contributed by atoms with E-state index in [1.54, 1.807) is 4.57 Å². The van der Waals surface area contributed by atoms with Gasteiger partial charge in [0.2, 0.25) is 0 Å². The fourth-order valence-electron chi connectivity index (χ4n) is 3.96. The van der Waals surface area contributed by atoms with Crippen LogP contribution in [0, 0.1) is 13.8 Å². The first-order valence-electron chi connectivity index (χ1n) is 9.84. The van der Waals surface area contributed by atoms with Crippen LogP contribution >= 0.6 is 11.3 Å². The molecule has 0 fully saturated rings. The minimum Gasteiger partial charge on any atom is -0.468 e. The van der Waals surface area contributed by atoms with Gasteiger partial charge in [-0.2, -0.15) is 4.99 Å². The van der Waals surface area contributed by atoms with Crippen LogP contribution in [0.5, 0.6) is 0 Å². The van der Waals surface area contributed by atoms with Gasteiger partial charge in [0, 0.05) is 5.56 Å². The molecule has 150 valence electrons. The summed E-state index contributed by atoms with van der Waals surface area (Å²) in [4.78, 5) is 29.9. The number of fused-ring (bicyclic) bond motifs is 2. The first-order valence-corrected chi connectivity index (χ1v) is 10.7. The monoisotopic (exact) mass is 408 g/mol. The van der Waals surface area contributed by atoms with Crippen LogP contribution in [0.25, 0.3) is 10.2 Å². The molecule has 0 atom stereocenters. The molecule has 0 N–H and O–H groups in total. The maximum atomic E-state index is 12.9. The number of carbonyl (C=O) groups is 2. The van der Waals surface area contributed by atoms with Gasteiger partial charge in [0.05, 0.1) is 17.3 Å². The Balaban J connectivity index is 1.82. The van der Waals surface area contributed by atoms with Crippen molar-refractivity contribution in [2.24, 2.45) is 4.99 Å². The van der Waals surface area contributed by atoms with Gasteiger partial charge < -0.3 is 9.30 Å². The number of benzene rings is 2. The van der Waals surface area contributed by atoms with Gasteiger partial charge in [0.1, 0.15) is 6.54 Å². The number of methoxy groups -OCH3 is 1. The molecule has 2 aromatic carbocycles. The summed E-state index contributed by atoms with van der Waals surface area (Å²) in [5, 5.41) is 0. The lowest BCUT2D eigenvalue weighted by Gasteiger charge is -2.15. The van der Waals surface area contributed by atoms with Crippen molar-refractivity contribution in [3.05, 3.63) is 63.0 Å². The molecule has 1 heterocycles. The van der Waals surface area contributed by atoms with Crippen molar-refractivity contribution in [1.29, 1.82) is 0 Å². The number of carbonyl (C=O) groups excluding carboxylic acids is 2. The second-order valence-electron chi connectivity index (χ2n) is 7.58. The van der Waals surface area contributed by atoms with Gasteiger partial charge >= 0.3 is 5.97 Å². The Kier molecular flexibility index (Phi) is 5.37. The molecule has 0 radical (unpaired) electrons. The summed E-state index contributed by atoms with van der Waals surface area (Å²) < 4.78 is 7.66. The number of aryl methyl sites for hydroxylation is 4. The summed E-state index contributed by atoms with van der Waals surface area (Å²) in [5.41, 5.74) is 6.28. The highest BCUT2D eigenvalue weighted by Crippen LogP contribution is 2.25. The van der Waals surface area contributed by atoms with E-state index in [-0.39, 0.29) is 18.4 Å². The van der Waals surface area contributed by atoms with Crippen LogP contribution in [0.4, 0.5) is 0 Å².